The van der Waals surface area contributed by atoms with Crippen LogP contribution in [0, 0.1) is 11.3 Å². The molecule has 0 amide bonds. The third-order valence-corrected chi connectivity index (χ3v) is 2.54. The van der Waals surface area contributed by atoms with Crippen molar-refractivity contribution in [3.05, 3.63) is 17.9 Å². The minimum Gasteiger partial charge on any atom is -0.302 e. The van der Waals surface area contributed by atoms with Crippen molar-refractivity contribution in [2.45, 2.75) is 53.4 Å². The molecule has 1 unspecified atom stereocenters. The largest absolute Gasteiger partial charge is 0.302 e. The molecule has 0 aliphatic carbocycles. The van der Waals surface area contributed by atoms with Crippen LogP contribution in [-0.2, 0) is 4.79 Å². The van der Waals surface area contributed by atoms with Gasteiger partial charge in [0.25, 0.3) is 0 Å². The van der Waals surface area contributed by atoms with Crippen LogP contribution in [0.3, 0.4) is 0 Å². The summed E-state index contributed by atoms with van der Waals surface area (Å²) in [6, 6.07) is 0. The Balaban J connectivity index is 4.27. The van der Waals surface area contributed by atoms with Crippen molar-refractivity contribution in [1.29, 1.82) is 0 Å². The fraction of sp³-hybridized carbons (Fsp3) is 0.714. The molecule has 0 heterocycles. The smallest absolute Gasteiger partial charge is 0.129 e. The predicted molar refractivity (Wildman–Crippen MR) is 65.8 cm³/mol. The Morgan fingerprint density at radius 1 is 1.33 bits per heavy atom. The number of rotatable bonds is 7. The van der Waals surface area contributed by atoms with Gasteiger partial charge >= 0.3 is 0 Å². The quantitative estimate of drug-likeness (QED) is 0.454. The van der Waals surface area contributed by atoms with Crippen LogP contribution >= 0.6 is 0 Å². The third-order valence-electron chi connectivity index (χ3n) is 2.54. The van der Waals surface area contributed by atoms with E-state index >= 15 is 0 Å². The van der Waals surface area contributed by atoms with Crippen molar-refractivity contribution in [3.8, 4) is 0 Å². The number of hydrogen-bond acceptors (Lipinski definition) is 1. The number of unbranched alkanes of at least 4 members (excludes halogenated alkanes) is 1. The maximum atomic E-state index is 10.7. The summed E-state index contributed by atoms with van der Waals surface area (Å²) in [6.45, 7) is 8.20. The lowest BCUT2D eigenvalue weighted by Gasteiger charge is -2.09. The molecule has 0 spiro atoms. The van der Waals surface area contributed by atoms with E-state index in [2.05, 4.69) is 25.7 Å². The molecule has 15 heavy (non-hydrogen) atoms. The maximum Gasteiger partial charge on any atom is 0.129 e. The highest BCUT2D eigenvalue weighted by molar-refractivity contribution is 5.60. The van der Waals surface area contributed by atoms with Gasteiger partial charge in [0.1, 0.15) is 6.29 Å². The van der Waals surface area contributed by atoms with Gasteiger partial charge in [-0.3, -0.25) is 0 Å². The van der Waals surface area contributed by atoms with Gasteiger partial charge in [-0.25, -0.2) is 0 Å². The lowest BCUT2D eigenvalue weighted by Crippen LogP contribution is -2.07. The topological polar surface area (TPSA) is 17.1 Å². The molecule has 86 valence electrons. The van der Waals surface area contributed by atoms with E-state index in [0.29, 0.717) is 5.92 Å². The van der Waals surface area contributed by atoms with E-state index in [1.54, 1.807) is 0 Å². The van der Waals surface area contributed by atoms with Crippen LogP contribution in [0.25, 0.3) is 0 Å². The van der Waals surface area contributed by atoms with E-state index in [-0.39, 0.29) is 5.41 Å². The predicted octanol–water partition coefficient (Wildman–Crippen LogP) is 4.14. The highest BCUT2D eigenvalue weighted by Crippen LogP contribution is 2.15. The summed E-state index contributed by atoms with van der Waals surface area (Å²) in [6.07, 6.45) is 9.83. The summed E-state index contributed by atoms with van der Waals surface area (Å²) in [7, 11) is 0. The first kappa shape index (κ1) is 14.2. The van der Waals surface area contributed by atoms with Crippen LogP contribution in [0.1, 0.15) is 53.4 Å². The second-order valence-corrected chi connectivity index (χ2v) is 4.73. The van der Waals surface area contributed by atoms with Crippen LogP contribution in [0.5, 0.6) is 0 Å². The summed E-state index contributed by atoms with van der Waals surface area (Å²) >= 11 is 0. The highest BCUT2D eigenvalue weighted by atomic mass is 16.1. The van der Waals surface area contributed by atoms with Crippen molar-refractivity contribution < 1.29 is 4.79 Å². The van der Waals surface area contributed by atoms with E-state index in [4.69, 9.17) is 0 Å². The summed E-state index contributed by atoms with van der Waals surface area (Å²) < 4.78 is 0. The maximum absolute atomic E-state index is 10.7. The molecule has 0 N–H and O–H groups in total. The van der Waals surface area contributed by atoms with E-state index < -0.39 is 0 Å². The molecule has 0 aromatic rings. The monoisotopic (exact) mass is 208 g/mol. The Kier molecular flexibility index (Phi) is 7.07. The van der Waals surface area contributed by atoms with Gasteiger partial charge in [-0.05, 0) is 44.8 Å². The zero-order chi connectivity index (χ0) is 11.7. The molecule has 0 aromatic heterocycles. The minimum atomic E-state index is -0.375. The Labute approximate surface area is 94.3 Å². The van der Waals surface area contributed by atoms with Gasteiger partial charge in [-0.15, -0.1) is 5.73 Å². The normalized spacial score (nSPS) is 12.8. The average Bonchev–Trinajstić information content (AvgIpc) is 2.23. The Morgan fingerprint density at radius 2 is 2.00 bits per heavy atom. The highest BCUT2D eigenvalue weighted by Gasteiger charge is 2.10. The van der Waals surface area contributed by atoms with Gasteiger partial charge in [0.05, 0.1) is 0 Å². The summed E-state index contributed by atoms with van der Waals surface area (Å²) in [5.41, 5.74) is 2.78. The fourth-order valence-corrected chi connectivity index (χ4v) is 1.30. The van der Waals surface area contributed by atoms with Crippen LogP contribution < -0.4 is 0 Å². The van der Waals surface area contributed by atoms with Gasteiger partial charge in [0.2, 0.25) is 0 Å². The third kappa shape index (κ3) is 7.16. The van der Waals surface area contributed by atoms with Crippen molar-refractivity contribution in [1.82, 2.24) is 0 Å². The molecule has 1 atom stereocenters. The number of carbonyl (C=O) groups is 1. The lowest BCUT2D eigenvalue weighted by molar-refractivity contribution is -0.112. The Hall–Kier alpha value is -0.810. The zero-order valence-corrected chi connectivity index (χ0v) is 10.5. The molecule has 0 aromatic carbocycles. The first-order valence-electron chi connectivity index (χ1n) is 5.95. The summed E-state index contributed by atoms with van der Waals surface area (Å²) in [5, 5.41) is 0. The van der Waals surface area contributed by atoms with E-state index in [9.17, 15) is 4.79 Å². The van der Waals surface area contributed by atoms with Crippen LogP contribution in [0.2, 0.25) is 0 Å². The SMILES string of the molecule is CCCCC(C=C=CC(C)(C)C=O)CC. The van der Waals surface area contributed by atoms with Gasteiger partial charge in [0, 0.05) is 5.41 Å². The van der Waals surface area contributed by atoms with Crippen molar-refractivity contribution in [2.75, 3.05) is 0 Å². The fourth-order valence-electron chi connectivity index (χ4n) is 1.30. The van der Waals surface area contributed by atoms with Crippen LogP contribution in [0.15, 0.2) is 17.9 Å². The summed E-state index contributed by atoms with van der Waals surface area (Å²) in [4.78, 5) is 10.7. The first-order chi connectivity index (χ1) is 7.05. The van der Waals surface area contributed by atoms with Crippen LogP contribution in [0.4, 0.5) is 0 Å². The van der Waals surface area contributed by atoms with Crippen molar-refractivity contribution in [2.24, 2.45) is 11.3 Å². The van der Waals surface area contributed by atoms with Gasteiger partial charge in [0.15, 0.2) is 0 Å². The Bertz CT molecular complexity index is 232. The molecule has 0 aliphatic rings. The first-order valence-corrected chi connectivity index (χ1v) is 5.95. The molecule has 0 saturated carbocycles. The van der Waals surface area contributed by atoms with E-state index in [1.807, 2.05) is 19.9 Å². The van der Waals surface area contributed by atoms with E-state index in [1.165, 1.54) is 19.3 Å². The molecule has 0 fully saturated rings. The van der Waals surface area contributed by atoms with Gasteiger partial charge < -0.3 is 4.79 Å². The standard InChI is InChI=1S/C14H24O/c1-5-7-9-13(6-2)10-8-11-14(3,4)12-15/h10-13H,5-7,9H2,1-4H3. The molecular weight excluding hydrogens is 184 g/mol. The molecule has 0 aliphatic heterocycles. The molecule has 0 saturated heterocycles. The minimum absolute atomic E-state index is 0.375. The second kappa shape index (κ2) is 7.48. The lowest BCUT2D eigenvalue weighted by atomic mass is 9.95. The van der Waals surface area contributed by atoms with Crippen LogP contribution in [-0.4, -0.2) is 6.29 Å². The summed E-state index contributed by atoms with van der Waals surface area (Å²) in [5.74, 6) is 0.614. The van der Waals surface area contributed by atoms with Crippen molar-refractivity contribution >= 4 is 6.29 Å². The van der Waals surface area contributed by atoms with Crippen molar-refractivity contribution in [3.63, 3.8) is 0 Å². The van der Waals surface area contributed by atoms with Gasteiger partial charge in [-0.1, -0.05) is 26.7 Å². The number of aldehydes is 1. The Morgan fingerprint density at radius 3 is 2.47 bits per heavy atom. The van der Waals surface area contributed by atoms with Gasteiger partial charge in [-0.2, -0.15) is 0 Å². The average molecular weight is 208 g/mol. The number of carbonyl (C=O) groups excluding carboxylic acids is 1. The molecule has 0 rings (SSSR count). The molecular formula is C14H24O. The second-order valence-electron chi connectivity index (χ2n) is 4.73. The zero-order valence-electron chi connectivity index (χ0n) is 10.5. The molecule has 1 heteroatoms. The van der Waals surface area contributed by atoms with E-state index in [0.717, 1.165) is 12.7 Å². The number of allylic oxidation sites excluding steroid dienone is 1. The molecule has 0 bridgehead atoms. The molecule has 0 radical (unpaired) electrons. The number of hydrogen-bond donors (Lipinski definition) is 0. The molecule has 1 nitrogen and oxygen atoms in total.